The number of hydrogen-bond donors (Lipinski definition) is 1. The Morgan fingerprint density at radius 1 is 1.43 bits per heavy atom. The molecule has 0 aliphatic heterocycles. The van der Waals surface area contributed by atoms with Crippen LogP contribution in [0.3, 0.4) is 0 Å². The highest BCUT2D eigenvalue weighted by molar-refractivity contribution is 5.56. The Morgan fingerprint density at radius 3 is 2.36 bits per heavy atom. The molecule has 1 aromatic heterocycles. The zero-order valence-electron chi connectivity index (χ0n) is 6.58. The highest BCUT2D eigenvalue weighted by atomic mass is 19.4. The van der Waals surface area contributed by atoms with Gasteiger partial charge in [-0.15, -0.1) is 0 Å². The van der Waals surface area contributed by atoms with Gasteiger partial charge < -0.3 is 5.73 Å². The molecular formula is C6H4F3N3O2. The third-order valence-corrected chi connectivity index (χ3v) is 1.44. The zero-order valence-corrected chi connectivity index (χ0v) is 6.58. The van der Waals surface area contributed by atoms with Crippen molar-refractivity contribution in [1.82, 2.24) is 4.98 Å². The maximum atomic E-state index is 12.3. The lowest BCUT2D eigenvalue weighted by Gasteiger charge is -2.08. The summed E-state index contributed by atoms with van der Waals surface area (Å²) in [5, 5.41) is 10.2. The van der Waals surface area contributed by atoms with E-state index in [1.54, 1.807) is 0 Å². The predicted octanol–water partition coefficient (Wildman–Crippen LogP) is 1.59. The quantitative estimate of drug-likeness (QED) is 0.559. The largest absolute Gasteiger partial charge is 0.425 e. The summed E-state index contributed by atoms with van der Waals surface area (Å²) < 4.78 is 36.8. The summed E-state index contributed by atoms with van der Waals surface area (Å²) in [7, 11) is 0. The van der Waals surface area contributed by atoms with E-state index in [9.17, 15) is 23.3 Å². The Morgan fingerprint density at radius 2 is 2.00 bits per heavy atom. The fourth-order valence-electron chi connectivity index (χ4n) is 0.912. The molecule has 0 radical (unpaired) electrons. The number of rotatable bonds is 1. The van der Waals surface area contributed by atoms with Crippen molar-refractivity contribution in [2.24, 2.45) is 0 Å². The number of nitrogens with two attached hydrogens (primary N) is 1. The number of alkyl halides is 3. The van der Waals surface area contributed by atoms with Crippen LogP contribution in [0, 0.1) is 10.1 Å². The molecule has 1 heterocycles. The third kappa shape index (κ3) is 1.73. The van der Waals surface area contributed by atoms with Gasteiger partial charge >= 0.3 is 11.9 Å². The first-order valence-corrected chi connectivity index (χ1v) is 3.29. The zero-order chi connectivity index (χ0) is 10.9. The van der Waals surface area contributed by atoms with Crippen LogP contribution in [0.25, 0.3) is 0 Å². The van der Waals surface area contributed by atoms with E-state index in [-0.39, 0.29) is 0 Å². The lowest BCUT2D eigenvalue weighted by molar-refractivity contribution is -0.388. The van der Waals surface area contributed by atoms with Gasteiger partial charge in [-0.25, -0.2) is 0 Å². The first-order chi connectivity index (χ1) is 6.34. The van der Waals surface area contributed by atoms with E-state index >= 15 is 0 Å². The van der Waals surface area contributed by atoms with Gasteiger partial charge in [-0.1, -0.05) is 0 Å². The Balaban J connectivity index is 3.45. The molecule has 5 nitrogen and oxygen atoms in total. The van der Waals surface area contributed by atoms with Crippen molar-refractivity contribution in [3.05, 3.63) is 28.1 Å². The minimum absolute atomic E-state index is 0.513. The smallest absolute Gasteiger partial charge is 0.397 e. The summed E-state index contributed by atoms with van der Waals surface area (Å²) >= 11 is 0. The van der Waals surface area contributed by atoms with E-state index in [1.807, 2.05) is 0 Å². The summed E-state index contributed by atoms with van der Waals surface area (Å²) in [5.41, 5.74) is 1.60. The van der Waals surface area contributed by atoms with Gasteiger partial charge in [0.2, 0.25) is 0 Å². The standard InChI is InChI=1S/C6H4F3N3O2/c7-6(8,9)5-3(10)1-11-2-4(5)12(13)14/h1-2H,10H2. The van der Waals surface area contributed by atoms with Crippen LogP contribution >= 0.6 is 0 Å². The van der Waals surface area contributed by atoms with Crippen molar-refractivity contribution in [3.8, 4) is 0 Å². The van der Waals surface area contributed by atoms with Crippen molar-refractivity contribution < 1.29 is 18.1 Å². The molecule has 0 aliphatic carbocycles. The van der Waals surface area contributed by atoms with Crippen molar-refractivity contribution in [2.75, 3.05) is 5.73 Å². The molecule has 0 amide bonds. The van der Waals surface area contributed by atoms with E-state index in [0.717, 1.165) is 6.20 Å². The molecule has 1 aromatic rings. The van der Waals surface area contributed by atoms with Crippen molar-refractivity contribution in [1.29, 1.82) is 0 Å². The number of nitrogens with zero attached hydrogens (tertiary/aromatic N) is 2. The number of aromatic nitrogens is 1. The van der Waals surface area contributed by atoms with Crippen LogP contribution in [0.1, 0.15) is 5.56 Å². The normalized spacial score (nSPS) is 11.4. The molecule has 0 aromatic carbocycles. The molecular weight excluding hydrogens is 203 g/mol. The minimum atomic E-state index is -4.85. The molecule has 0 aliphatic rings. The number of halogens is 3. The highest BCUT2D eigenvalue weighted by Gasteiger charge is 2.40. The molecule has 8 heteroatoms. The second-order valence-corrected chi connectivity index (χ2v) is 2.38. The molecule has 0 saturated heterocycles. The van der Waals surface area contributed by atoms with Gasteiger partial charge in [-0.05, 0) is 0 Å². The Bertz CT molecular complexity index is 377. The predicted molar refractivity (Wildman–Crippen MR) is 40.3 cm³/mol. The second-order valence-electron chi connectivity index (χ2n) is 2.38. The summed E-state index contributed by atoms with van der Waals surface area (Å²) in [6.45, 7) is 0. The maximum absolute atomic E-state index is 12.3. The van der Waals surface area contributed by atoms with Gasteiger partial charge in [0.25, 0.3) is 0 Å². The van der Waals surface area contributed by atoms with Gasteiger partial charge in [0.05, 0.1) is 16.8 Å². The molecule has 0 saturated carbocycles. The van der Waals surface area contributed by atoms with Crippen LogP contribution in [0.2, 0.25) is 0 Å². The Hall–Kier alpha value is -1.86. The van der Waals surface area contributed by atoms with Crippen molar-refractivity contribution in [3.63, 3.8) is 0 Å². The van der Waals surface area contributed by atoms with E-state index < -0.39 is 28.0 Å². The number of anilines is 1. The number of hydrogen-bond acceptors (Lipinski definition) is 4. The highest BCUT2D eigenvalue weighted by Crippen LogP contribution is 2.38. The fraction of sp³-hybridized carbons (Fsp3) is 0.167. The lowest BCUT2D eigenvalue weighted by Crippen LogP contribution is -2.12. The Kier molecular flexibility index (Phi) is 2.28. The first kappa shape index (κ1) is 10.2. The molecule has 2 N–H and O–H groups in total. The third-order valence-electron chi connectivity index (χ3n) is 1.44. The van der Waals surface area contributed by atoms with Gasteiger partial charge in [0.1, 0.15) is 6.20 Å². The summed E-state index contributed by atoms with van der Waals surface area (Å²) in [4.78, 5) is 12.3. The monoisotopic (exact) mass is 207 g/mol. The van der Waals surface area contributed by atoms with Crippen LogP contribution in [0.4, 0.5) is 24.5 Å². The molecule has 0 unspecified atom stereocenters. The molecule has 14 heavy (non-hydrogen) atoms. The van der Waals surface area contributed by atoms with Crippen molar-refractivity contribution >= 4 is 11.4 Å². The lowest BCUT2D eigenvalue weighted by atomic mass is 10.2. The second kappa shape index (κ2) is 3.13. The van der Waals surface area contributed by atoms with Crippen molar-refractivity contribution in [2.45, 2.75) is 6.18 Å². The average molecular weight is 207 g/mol. The number of pyridine rings is 1. The van der Waals surface area contributed by atoms with Gasteiger partial charge in [0, 0.05) is 0 Å². The summed E-state index contributed by atoms with van der Waals surface area (Å²) in [6.07, 6.45) is -3.62. The van der Waals surface area contributed by atoms with Gasteiger partial charge in [-0.3, -0.25) is 15.1 Å². The SMILES string of the molecule is Nc1cncc([N+](=O)[O-])c1C(F)(F)F. The van der Waals surface area contributed by atoms with E-state index in [1.165, 1.54) is 0 Å². The number of nitrogen functional groups attached to an aromatic ring is 1. The van der Waals surface area contributed by atoms with E-state index in [2.05, 4.69) is 4.98 Å². The van der Waals surface area contributed by atoms with Gasteiger partial charge in [0.15, 0.2) is 5.56 Å². The molecule has 0 fully saturated rings. The fourth-order valence-corrected chi connectivity index (χ4v) is 0.912. The van der Waals surface area contributed by atoms with Crippen LogP contribution < -0.4 is 5.73 Å². The maximum Gasteiger partial charge on any atom is 0.425 e. The molecule has 0 atom stereocenters. The van der Waals surface area contributed by atoms with Crippen LogP contribution in [-0.2, 0) is 6.18 Å². The molecule has 76 valence electrons. The summed E-state index contributed by atoms with van der Waals surface area (Å²) in [5.74, 6) is 0. The van der Waals surface area contributed by atoms with Gasteiger partial charge in [-0.2, -0.15) is 13.2 Å². The topological polar surface area (TPSA) is 82.0 Å². The molecule has 1 rings (SSSR count). The van der Waals surface area contributed by atoms with E-state index in [4.69, 9.17) is 5.73 Å². The average Bonchev–Trinajstić information content (AvgIpc) is 2.01. The molecule has 0 bridgehead atoms. The van der Waals surface area contributed by atoms with Crippen LogP contribution in [-0.4, -0.2) is 9.91 Å². The van der Waals surface area contributed by atoms with Crippen LogP contribution in [0.15, 0.2) is 12.4 Å². The minimum Gasteiger partial charge on any atom is -0.397 e. The first-order valence-electron chi connectivity index (χ1n) is 3.29. The Labute approximate surface area is 75.5 Å². The summed E-state index contributed by atoms with van der Waals surface area (Å²) in [6, 6.07) is 0. The molecule has 0 spiro atoms. The van der Waals surface area contributed by atoms with Crippen LogP contribution in [0.5, 0.6) is 0 Å². The number of nitro groups is 1. The van der Waals surface area contributed by atoms with E-state index in [0.29, 0.717) is 6.20 Å².